The molecule has 11 heteroatoms. The number of pyridine rings is 2. The fourth-order valence-corrected chi connectivity index (χ4v) is 3.61. The molecule has 36 heavy (non-hydrogen) atoms. The van der Waals surface area contributed by atoms with Crippen LogP contribution in [0, 0.1) is 0 Å². The minimum Gasteiger partial charge on any atom is -0.444 e. The topological polar surface area (TPSA) is 124 Å². The summed E-state index contributed by atoms with van der Waals surface area (Å²) in [6.45, 7) is 10.8. The van der Waals surface area contributed by atoms with E-state index in [9.17, 15) is 14.4 Å². The second-order valence-corrected chi connectivity index (χ2v) is 10.9. The molecule has 0 bridgehead atoms. The van der Waals surface area contributed by atoms with Gasteiger partial charge in [0.2, 0.25) is 5.91 Å². The fourth-order valence-electron chi connectivity index (χ4n) is 3.11. The molecule has 3 rings (SSSR count). The first-order valence-electron chi connectivity index (χ1n) is 11.3. The lowest BCUT2D eigenvalue weighted by molar-refractivity contribution is -0.116. The van der Waals surface area contributed by atoms with Gasteiger partial charge >= 0.3 is 12.2 Å². The van der Waals surface area contributed by atoms with Gasteiger partial charge in [0.15, 0.2) is 5.65 Å². The summed E-state index contributed by atoms with van der Waals surface area (Å²) < 4.78 is 12.7. The second-order valence-electron chi connectivity index (χ2n) is 10.1. The number of ether oxygens (including phenoxy) is 2. The number of aromatic nitrogens is 3. The number of hydrogen-bond donors (Lipinski definition) is 2. The van der Waals surface area contributed by atoms with Crippen molar-refractivity contribution in [2.24, 2.45) is 0 Å². The predicted molar refractivity (Wildman–Crippen MR) is 140 cm³/mol. The maximum Gasteiger partial charge on any atom is 0.420 e. The third kappa shape index (κ3) is 7.51. The standard InChI is InChI=1S/C25H30BrN5O5/c1-24(2,3)35-22(33)27-10-9-20(32)30-19-8-7-15(12-28-19)16-11-17-18(26)14-31(21(17)29-13-16)23(34)36-25(4,5)6/h7-8,11-14H,9-10H2,1-6H3,(H,27,33)(H,28,30,32). The molecule has 10 nitrogen and oxygen atoms in total. The molecule has 192 valence electrons. The zero-order valence-electron chi connectivity index (χ0n) is 21.1. The van der Waals surface area contributed by atoms with Crippen molar-refractivity contribution in [1.29, 1.82) is 0 Å². The van der Waals surface area contributed by atoms with Gasteiger partial charge in [-0.1, -0.05) is 0 Å². The lowest BCUT2D eigenvalue weighted by atomic mass is 10.1. The molecular formula is C25H30BrN5O5. The predicted octanol–water partition coefficient (Wildman–Crippen LogP) is 5.50. The number of anilines is 1. The summed E-state index contributed by atoms with van der Waals surface area (Å²) in [6, 6.07) is 5.38. The summed E-state index contributed by atoms with van der Waals surface area (Å²) in [6.07, 6.45) is 3.89. The van der Waals surface area contributed by atoms with Gasteiger partial charge in [0.05, 0.1) is 0 Å². The molecule has 0 radical (unpaired) electrons. The molecule has 0 saturated heterocycles. The number of carbonyl (C=O) groups is 3. The van der Waals surface area contributed by atoms with Gasteiger partial charge in [0.1, 0.15) is 17.0 Å². The van der Waals surface area contributed by atoms with Crippen LogP contribution in [0.5, 0.6) is 0 Å². The molecular weight excluding hydrogens is 530 g/mol. The Morgan fingerprint density at radius 1 is 0.972 bits per heavy atom. The molecule has 0 atom stereocenters. The largest absolute Gasteiger partial charge is 0.444 e. The van der Waals surface area contributed by atoms with Crippen LogP contribution in [-0.4, -0.2) is 50.4 Å². The number of alkyl carbamates (subject to hydrolysis) is 1. The second kappa shape index (κ2) is 10.7. The number of amides is 2. The van der Waals surface area contributed by atoms with Gasteiger partial charge in [-0.15, -0.1) is 0 Å². The molecule has 0 aliphatic rings. The number of carbonyl (C=O) groups excluding carboxylic acids is 3. The molecule has 2 amide bonds. The average Bonchev–Trinajstić information content (AvgIpc) is 3.08. The Labute approximate surface area is 217 Å². The van der Waals surface area contributed by atoms with Crippen LogP contribution >= 0.6 is 15.9 Å². The Morgan fingerprint density at radius 2 is 1.64 bits per heavy atom. The van der Waals surface area contributed by atoms with E-state index < -0.39 is 23.4 Å². The molecule has 0 aromatic carbocycles. The molecule has 3 aromatic heterocycles. The highest BCUT2D eigenvalue weighted by Crippen LogP contribution is 2.30. The van der Waals surface area contributed by atoms with E-state index in [-0.39, 0.29) is 18.9 Å². The molecule has 3 heterocycles. The first-order valence-corrected chi connectivity index (χ1v) is 12.1. The average molecular weight is 560 g/mol. The van der Waals surface area contributed by atoms with E-state index in [1.165, 1.54) is 4.57 Å². The first-order chi connectivity index (χ1) is 16.7. The van der Waals surface area contributed by atoms with E-state index in [4.69, 9.17) is 9.47 Å². The lowest BCUT2D eigenvalue weighted by Crippen LogP contribution is -2.34. The minimum atomic E-state index is -0.627. The summed E-state index contributed by atoms with van der Waals surface area (Å²) in [4.78, 5) is 45.1. The number of hydrogen-bond acceptors (Lipinski definition) is 7. The molecule has 0 unspecified atom stereocenters. The van der Waals surface area contributed by atoms with Crippen LogP contribution in [-0.2, 0) is 14.3 Å². The Balaban J connectivity index is 1.64. The van der Waals surface area contributed by atoms with Gasteiger partial charge in [-0.25, -0.2) is 24.1 Å². The lowest BCUT2D eigenvalue weighted by Gasteiger charge is -2.19. The monoisotopic (exact) mass is 559 g/mol. The van der Waals surface area contributed by atoms with E-state index in [0.717, 1.165) is 16.5 Å². The zero-order valence-corrected chi connectivity index (χ0v) is 22.7. The maximum absolute atomic E-state index is 12.5. The minimum absolute atomic E-state index is 0.0753. The number of nitrogens with one attached hydrogen (secondary N) is 2. The van der Waals surface area contributed by atoms with Crippen LogP contribution in [0.25, 0.3) is 22.2 Å². The van der Waals surface area contributed by atoms with Gasteiger partial charge in [0, 0.05) is 52.5 Å². The zero-order chi connectivity index (χ0) is 26.7. The van der Waals surface area contributed by atoms with Gasteiger partial charge in [-0.3, -0.25) is 4.79 Å². The quantitative estimate of drug-likeness (QED) is 0.423. The molecule has 0 aliphatic heterocycles. The fraction of sp³-hybridized carbons (Fsp3) is 0.400. The van der Waals surface area contributed by atoms with Crippen molar-refractivity contribution in [2.75, 3.05) is 11.9 Å². The van der Waals surface area contributed by atoms with Gasteiger partial charge < -0.3 is 20.1 Å². The third-order valence-electron chi connectivity index (χ3n) is 4.57. The van der Waals surface area contributed by atoms with E-state index >= 15 is 0 Å². The van der Waals surface area contributed by atoms with Crippen LogP contribution in [0.15, 0.2) is 41.3 Å². The van der Waals surface area contributed by atoms with E-state index in [1.54, 1.807) is 66.2 Å². The number of nitrogens with zero attached hydrogens (tertiary/aromatic N) is 3. The van der Waals surface area contributed by atoms with Crippen LogP contribution in [0.4, 0.5) is 15.4 Å². The summed E-state index contributed by atoms with van der Waals surface area (Å²) in [7, 11) is 0. The Morgan fingerprint density at radius 3 is 2.25 bits per heavy atom. The first kappa shape index (κ1) is 27.1. The smallest absolute Gasteiger partial charge is 0.420 e. The molecule has 3 aromatic rings. The van der Waals surface area contributed by atoms with E-state index in [1.807, 2.05) is 12.1 Å². The Bertz CT molecular complexity index is 1270. The highest BCUT2D eigenvalue weighted by atomic mass is 79.9. The van der Waals surface area contributed by atoms with Gasteiger partial charge in [0.25, 0.3) is 0 Å². The van der Waals surface area contributed by atoms with Crippen molar-refractivity contribution in [1.82, 2.24) is 19.9 Å². The summed E-state index contributed by atoms with van der Waals surface area (Å²) in [5, 5.41) is 5.98. The van der Waals surface area contributed by atoms with E-state index in [2.05, 4.69) is 36.5 Å². The van der Waals surface area contributed by atoms with Crippen molar-refractivity contribution in [3.63, 3.8) is 0 Å². The molecule has 0 saturated carbocycles. The highest BCUT2D eigenvalue weighted by molar-refractivity contribution is 9.10. The molecule has 0 spiro atoms. The normalized spacial score (nSPS) is 11.8. The summed E-state index contributed by atoms with van der Waals surface area (Å²) in [5.74, 6) is 0.0918. The molecule has 2 N–H and O–H groups in total. The van der Waals surface area contributed by atoms with E-state index in [0.29, 0.717) is 15.9 Å². The molecule has 0 aliphatic carbocycles. The van der Waals surface area contributed by atoms with Crippen molar-refractivity contribution in [3.8, 4) is 11.1 Å². The molecule has 0 fully saturated rings. The number of halogens is 1. The summed E-state index contributed by atoms with van der Waals surface area (Å²) in [5.41, 5.74) is 0.813. The van der Waals surface area contributed by atoms with Crippen molar-refractivity contribution < 1.29 is 23.9 Å². The SMILES string of the molecule is CC(C)(C)OC(=O)NCCC(=O)Nc1ccc(-c2cnc3c(c2)c(Br)cn3C(=O)OC(C)(C)C)cn1. The Hall–Kier alpha value is -3.47. The maximum atomic E-state index is 12.5. The number of fused-ring (bicyclic) bond motifs is 1. The van der Waals surface area contributed by atoms with Crippen molar-refractivity contribution in [2.45, 2.75) is 59.2 Å². The third-order valence-corrected chi connectivity index (χ3v) is 5.20. The number of rotatable bonds is 5. The van der Waals surface area contributed by atoms with Crippen LogP contribution in [0.3, 0.4) is 0 Å². The van der Waals surface area contributed by atoms with Crippen LogP contribution < -0.4 is 10.6 Å². The van der Waals surface area contributed by atoms with Crippen molar-refractivity contribution in [3.05, 3.63) is 41.3 Å². The summed E-state index contributed by atoms with van der Waals surface area (Å²) >= 11 is 3.49. The van der Waals surface area contributed by atoms with Gasteiger partial charge in [-0.05, 0) is 75.7 Å². The van der Waals surface area contributed by atoms with Crippen molar-refractivity contribution >= 4 is 50.9 Å². The highest BCUT2D eigenvalue weighted by Gasteiger charge is 2.21. The Kier molecular flexibility index (Phi) is 8.02. The van der Waals surface area contributed by atoms with Crippen LogP contribution in [0.1, 0.15) is 48.0 Å². The van der Waals surface area contributed by atoms with Crippen LogP contribution in [0.2, 0.25) is 0 Å². The van der Waals surface area contributed by atoms with Gasteiger partial charge in [-0.2, -0.15) is 0 Å².